The van der Waals surface area contributed by atoms with Gasteiger partial charge in [-0.1, -0.05) is 27.5 Å². The number of rotatable bonds is 4. The Hall–Kier alpha value is -2.05. The smallest absolute Gasteiger partial charge is 0.271 e. The molecule has 1 saturated heterocycles. The summed E-state index contributed by atoms with van der Waals surface area (Å²) in [5.41, 5.74) is 4.51. The van der Waals surface area contributed by atoms with Gasteiger partial charge in [0.25, 0.3) is 5.91 Å². The van der Waals surface area contributed by atoms with Gasteiger partial charge in [-0.25, -0.2) is 5.43 Å². The molecule has 0 aliphatic carbocycles. The quantitative estimate of drug-likeness (QED) is 0.574. The average Bonchev–Trinajstić information content (AvgIpc) is 3.13. The number of nitrogens with one attached hydrogen (secondary N) is 1. The van der Waals surface area contributed by atoms with E-state index in [2.05, 4.69) is 31.4 Å². The predicted molar refractivity (Wildman–Crippen MR) is 104 cm³/mol. The van der Waals surface area contributed by atoms with Crippen LogP contribution in [0.2, 0.25) is 5.02 Å². The molecule has 2 N–H and O–H groups in total. The number of benzene rings is 2. The van der Waals surface area contributed by atoms with Crippen LogP contribution in [-0.4, -0.2) is 30.3 Å². The molecular weight excluding hydrogens is 406 g/mol. The fraction of sp³-hybridized carbons (Fsp3) is 0.222. The van der Waals surface area contributed by atoms with E-state index in [0.717, 1.165) is 18.8 Å². The number of hydrogen-bond donors (Lipinski definition) is 2. The van der Waals surface area contributed by atoms with E-state index in [9.17, 15) is 9.90 Å². The number of halogens is 2. The summed E-state index contributed by atoms with van der Waals surface area (Å²) >= 11 is 9.18. The molecule has 3 rings (SSSR count). The van der Waals surface area contributed by atoms with Crippen LogP contribution in [0.4, 0.5) is 5.69 Å². The number of nitrogens with zero attached hydrogens (tertiary/aromatic N) is 2. The van der Waals surface area contributed by atoms with Gasteiger partial charge in [0, 0.05) is 34.4 Å². The lowest BCUT2D eigenvalue weighted by Gasteiger charge is -2.17. The lowest BCUT2D eigenvalue weighted by atomic mass is 10.2. The van der Waals surface area contributed by atoms with Crippen LogP contribution in [0.3, 0.4) is 0 Å². The molecule has 1 fully saturated rings. The minimum absolute atomic E-state index is 0.0853. The molecule has 0 bridgehead atoms. The zero-order valence-corrected chi connectivity index (χ0v) is 15.7. The Morgan fingerprint density at radius 1 is 1.24 bits per heavy atom. The molecule has 25 heavy (non-hydrogen) atoms. The van der Waals surface area contributed by atoms with Gasteiger partial charge in [0.1, 0.15) is 5.75 Å². The van der Waals surface area contributed by atoms with Crippen LogP contribution in [-0.2, 0) is 0 Å². The molecule has 0 radical (unpaired) electrons. The zero-order valence-electron chi connectivity index (χ0n) is 13.4. The maximum absolute atomic E-state index is 12.1. The molecule has 2 aromatic carbocycles. The molecule has 0 atom stereocenters. The number of aromatic hydroxyl groups is 1. The molecule has 2 aromatic rings. The van der Waals surface area contributed by atoms with Crippen molar-refractivity contribution in [2.24, 2.45) is 5.10 Å². The fourth-order valence-corrected chi connectivity index (χ4v) is 3.54. The van der Waals surface area contributed by atoms with Crippen molar-refractivity contribution in [1.29, 1.82) is 0 Å². The summed E-state index contributed by atoms with van der Waals surface area (Å²) in [6, 6.07) is 10.7. The highest BCUT2D eigenvalue weighted by Gasteiger charge is 2.13. The summed E-state index contributed by atoms with van der Waals surface area (Å²) in [6.07, 6.45) is 3.77. The summed E-state index contributed by atoms with van der Waals surface area (Å²) in [5.74, 6) is -0.400. The minimum Gasteiger partial charge on any atom is -0.506 e. The van der Waals surface area contributed by atoms with Crippen molar-refractivity contribution in [2.75, 3.05) is 18.0 Å². The Morgan fingerprint density at radius 3 is 2.60 bits per heavy atom. The Bertz CT molecular complexity index is 803. The number of hydrogen-bond acceptors (Lipinski definition) is 4. The first-order chi connectivity index (χ1) is 12.0. The lowest BCUT2D eigenvalue weighted by molar-refractivity contribution is 0.0955. The van der Waals surface area contributed by atoms with Crippen molar-refractivity contribution < 1.29 is 9.90 Å². The van der Waals surface area contributed by atoms with Crippen molar-refractivity contribution in [1.82, 2.24) is 5.43 Å². The molecule has 0 unspecified atom stereocenters. The van der Waals surface area contributed by atoms with Crippen molar-refractivity contribution in [3.05, 3.63) is 57.0 Å². The Labute approximate surface area is 159 Å². The molecule has 0 spiro atoms. The van der Waals surface area contributed by atoms with Gasteiger partial charge in [0.05, 0.1) is 11.2 Å². The molecule has 130 valence electrons. The van der Waals surface area contributed by atoms with Gasteiger partial charge >= 0.3 is 0 Å². The molecular formula is C18H17BrClN3O2. The van der Waals surface area contributed by atoms with Crippen LogP contribution in [0.1, 0.15) is 28.8 Å². The number of anilines is 1. The maximum Gasteiger partial charge on any atom is 0.271 e. The second kappa shape index (κ2) is 7.89. The zero-order chi connectivity index (χ0) is 17.8. The summed E-state index contributed by atoms with van der Waals surface area (Å²) in [6.45, 7) is 2.13. The number of phenolic OH excluding ortho intramolecular Hbond substituents is 1. The van der Waals surface area contributed by atoms with E-state index in [4.69, 9.17) is 11.6 Å². The third-order valence-corrected chi connectivity index (χ3v) is 4.77. The minimum atomic E-state index is -0.315. The number of carbonyl (C=O) groups excluding carboxylic acids is 1. The largest absolute Gasteiger partial charge is 0.506 e. The summed E-state index contributed by atoms with van der Waals surface area (Å²) in [4.78, 5) is 14.5. The van der Waals surface area contributed by atoms with Crippen LogP contribution >= 0.6 is 27.5 Å². The van der Waals surface area contributed by atoms with Crippen molar-refractivity contribution in [3.8, 4) is 5.75 Å². The Kier molecular flexibility index (Phi) is 5.60. The molecule has 1 amide bonds. The molecule has 0 aromatic heterocycles. The molecule has 1 aliphatic heterocycles. The van der Waals surface area contributed by atoms with E-state index in [1.807, 2.05) is 12.1 Å². The van der Waals surface area contributed by atoms with Gasteiger partial charge in [-0.2, -0.15) is 5.10 Å². The van der Waals surface area contributed by atoms with Crippen LogP contribution in [0.5, 0.6) is 5.75 Å². The monoisotopic (exact) mass is 421 g/mol. The number of amides is 1. The van der Waals surface area contributed by atoms with Gasteiger partial charge in [-0.05, 0) is 49.2 Å². The second-order valence-corrected chi connectivity index (χ2v) is 7.09. The van der Waals surface area contributed by atoms with Gasteiger partial charge in [0.15, 0.2) is 0 Å². The van der Waals surface area contributed by atoms with E-state index in [1.54, 1.807) is 24.3 Å². The maximum atomic E-state index is 12.1. The average molecular weight is 423 g/mol. The topological polar surface area (TPSA) is 64.9 Å². The molecule has 5 nitrogen and oxygen atoms in total. The molecule has 0 saturated carbocycles. The Balaban J connectivity index is 1.64. The highest BCUT2D eigenvalue weighted by Crippen LogP contribution is 2.30. The van der Waals surface area contributed by atoms with E-state index in [1.165, 1.54) is 19.1 Å². The number of hydrazone groups is 1. The highest BCUT2D eigenvalue weighted by molar-refractivity contribution is 9.10. The standard InChI is InChI=1S/C18H17BrClN3O2/c19-14-9-13(17(24)16(20)10-14)11-21-22-18(25)12-3-5-15(6-4-12)23-7-1-2-8-23/h3-6,9-11,24H,1-2,7-8H2,(H,22,25)/b21-11+. The van der Waals surface area contributed by atoms with Crippen molar-refractivity contribution in [3.63, 3.8) is 0 Å². The first-order valence-electron chi connectivity index (χ1n) is 7.91. The number of carbonyl (C=O) groups is 1. The van der Waals surface area contributed by atoms with Gasteiger partial charge < -0.3 is 10.0 Å². The third kappa shape index (κ3) is 4.32. The van der Waals surface area contributed by atoms with Crippen LogP contribution in [0.25, 0.3) is 0 Å². The van der Waals surface area contributed by atoms with Crippen LogP contribution in [0, 0.1) is 0 Å². The van der Waals surface area contributed by atoms with E-state index in [0.29, 0.717) is 15.6 Å². The summed E-state index contributed by atoms with van der Waals surface area (Å²) in [5, 5.41) is 14.0. The first-order valence-corrected chi connectivity index (χ1v) is 9.08. The summed E-state index contributed by atoms with van der Waals surface area (Å²) in [7, 11) is 0. The molecule has 7 heteroatoms. The van der Waals surface area contributed by atoms with E-state index < -0.39 is 0 Å². The molecule has 1 heterocycles. The summed E-state index contributed by atoms with van der Waals surface area (Å²) < 4.78 is 0.709. The lowest BCUT2D eigenvalue weighted by Crippen LogP contribution is -2.19. The van der Waals surface area contributed by atoms with Crippen molar-refractivity contribution in [2.45, 2.75) is 12.8 Å². The SMILES string of the molecule is O=C(N/N=C/c1cc(Br)cc(Cl)c1O)c1ccc(N2CCCC2)cc1. The Morgan fingerprint density at radius 2 is 1.92 bits per heavy atom. The second-order valence-electron chi connectivity index (χ2n) is 5.77. The van der Waals surface area contributed by atoms with Crippen LogP contribution < -0.4 is 10.3 Å². The molecule has 1 aliphatic rings. The first kappa shape index (κ1) is 17.8. The predicted octanol–water partition coefficient (Wildman–Crippen LogP) is 4.17. The van der Waals surface area contributed by atoms with E-state index in [-0.39, 0.29) is 16.7 Å². The number of phenols is 1. The van der Waals surface area contributed by atoms with Gasteiger partial charge in [-0.15, -0.1) is 0 Å². The van der Waals surface area contributed by atoms with Crippen molar-refractivity contribution >= 4 is 45.3 Å². The van der Waals surface area contributed by atoms with Gasteiger partial charge in [-0.3, -0.25) is 4.79 Å². The van der Waals surface area contributed by atoms with Crippen LogP contribution in [0.15, 0.2) is 46.0 Å². The highest BCUT2D eigenvalue weighted by atomic mass is 79.9. The fourth-order valence-electron chi connectivity index (χ4n) is 2.71. The van der Waals surface area contributed by atoms with Gasteiger partial charge in [0.2, 0.25) is 0 Å². The van der Waals surface area contributed by atoms with E-state index >= 15 is 0 Å². The third-order valence-electron chi connectivity index (χ3n) is 4.03. The normalized spacial score (nSPS) is 14.2.